The minimum atomic E-state index is -0.706. The summed E-state index contributed by atoms with van der Waals surface area (Å²) in [4.78, 5) is 22.4. The molecule has 138 valence electrons. The van der Waals surface area contributed by atoms with Crippen LogP contribution < -0.4 is 10.6 Å². The normalized spacial score (nSPS) is 10.8. The third-order valence-corrected chi connectivity index (χ3v) is 4.03. The first kappa shape index (κ1) is 19.9. The van der Waals surface area contributed by atoms with Crippen LogP contribution in [0, 0.1) is 28.4 Å². The second-order valence-corrected chi connectivity index (χ2v) is 6.14. The summed E-state index contributed by atoms with van der Waals surface area (Å²) < 4.78 is 0. The number of carbonyl (C=O) groups excluding carboxylic acids is 1. The zero-order valence-corrected chi connectivity index (χ0v) is 15.3. The number of nitro benzene ring substituents is 1. The SMILES string of the molecule is Cc1ccc(CCN/C=C(/C#N)C(=O)Nc2cc([N+](=O)[O-])ccc2Cl)cc1. The van der Waals surface area contributed by atoms with E-state index in [4.69, 9.17) is 11.6 Å². The number of nitro groups is 1. The summed E-state index contributed by atoms with van der Waals surface area (Å²) in [6.07, 6.45) is 2.04. The third-order valence-electron chi connectivity index (χ3n) is 3.70. The first-order valence-corrected chi connectivity index (χ1v) is 8.43. The molecule has 0 aromatic heterocycles. The Hall–Kier alpha value is -3.37. The van der Waals surface area contributed by atoms with Gasteiger partial charge in [-0.1, -0.05) is 41.4 Å². The molecule has 0 atom stereocenters. The van der Waals surface area contributed by atoms with Crippen molar-refractivity contribution in [2.24, 2.45) is 0 Å². The molecule has 0 radical (unpaired) electrons. The van der Waals surface area contributed by atoms with E-state index in [1.807, 2.05) is 31.2 Å². The van der Waals surface area contributed by atoms with Gasteiger partial charge in [-0.3, -0.25) is 14.9 Å². The van der Waals surface area contributed by atoms with Gasteiger partial charge >= 0.3 is 0 Å². The Balaban J connectivity index is 1.98. The maximum atomic E-state index is 12.2. The van der Waals surface area contributed by atoms with Crippen LogP contribution in [0.4, 0.5) is 11.4 Å². The van der Waals surface area contributed by atoms with E-state index in [0.717, 1.165) is 18.1 Å². The standard InChI is InChI=1S/C19H17ClN4O3/c1-13-2-4-14(5-3-13)8-9-22-12-15(11-21)19(25)23-18-10-16(24(26)27)6-7-17(18)20/h2-7,10,12,22H,8-9H2,1H3,(H,23,25)/b15-12-. The van der Waals surface area contributed by atoms with Crippen molar-refractivity contribution in [3.05, 3.63) is 80.5 Å². The van der Waals surface area contributed by atoms with Crippen molar-refractivity contribution >= 4 is 28.9 Å². The molecule has 8 heteroatoms. The molecule has 1 amide bonds. The maximum Gasteiger partial charge on any atom is 0.271 e. The number of hydrogen-bond acceptors (Lipinski definition) is 5. The lowest BCUT2D eigenvalue weighted by molar-refractivity contribution is -0.384. The van der Waals surface area contributed by atoms with E-state index in [-0.39, 0.29) is 22.0 Å². The van der Waals surface area contributed by atoms with E-state index < -0.39 is 10.8 Å². The van der Waals surface area contributed by atoms with E-state index in [1.165, 1.54) is 23.9 Å². The van der Waals surface area contributed by atoms with Crippen LogP contribution >= 0.6 is 11.6 Å². The third kappa shape index (κ3) is 5.83. The number of hydrogen-bond donors (Lipinski definition) is 2. The second-order valence-electron chi connectivity index (χ2n) is 5.73. The van der Waals surface area contributed by atoms with Crippen LogP contribution in [0.1, 0.15) is 11.1 Å². The quantitative estimate of drug-likeness (QED) is 0.248. The van der Waals surface area contributed by atoms with Gasteiger partial charge in [0.05, 0.1) is 15.6 Å². The summed E-state index contributed by atoms with van der Waals surface area (Å²) in [6.45, 7) is 2.55. The lowest BCUT2D eigenvalue weighted by Gasteiger charge is -2.07. The molecule has 7 nitrogen and oxygen atoms in total. The molecular weight excluding hydrogens is 368 g/mol. The Bertz CT molecular complexity index is 918. The smallest absolute Gasteiger partial charge is 0.271 e. The Morgan fingerprint density at radius 3 is 2.63 bits per heavy atom. The number of carbonyl (C=O) groups is 1. The van der Waals surface area contributed by atoms with Crippen molar-refractivity contribution in [1.29, 1.82) is 5.26 Å². The predicted octanol–water partition coefficient (Wildman–Crippen LogP) is 3.73. The average Bonchev–Trinajstić information content (AvgIpc) is 2.64. The van der Waals surface area contributed by atoms with Crippen molar-refractivity contribution in [1.82, 2.24) is 5.32 Å². The van der Waals surface area contributed by atoms with E-state index in [1.54, 1.807) is 6.07 Å². The fourth-order valence-electron chi connectivity index (χ4n) is 2.21. The van der Waals surface area contributed by atoms with Gasteiger partial charge in [0.25, 0.3) is 11.6 Å². The summed E-state index contributed by atoms with van der Waals surface area (Å²) >= 11 is 5.94. The predicted molar refractivity (Wildman–Crippen MR) is 103 cm³/mol. The van der Waals surface area contributed by atoms with E-state index in [9.17, 15) is 20.2 Å². The first-order valence-electron chi connectivity index (χ1n) is 8.05. The Labute approximate surface area is 161 Å². The molecule has 0 saturated heterocycles. The highest BCUT2D eigenvalue weighted by atomic mass is 35.5. The Morgan fingerprint density at radius 2 is 2.00 bits per heavy atom. The van der Waals surface area contributed by atoms with Gasteiger partial charge in [0.2, 0.25) is 0 Å². The van der Waals surface area contributed by atoms with Crippen LogP contribution in [0.25, 0.3) is 0 Å². The molecule has 0 aliphatic carbocycles. The van der Waals surface area contributed by atoms with Gasteiger partial charge in [-0.25, -0.2) is 0 Å². The van der Waals surface area contributed by atoms with Gasteiger partial charge in [0.15, 0.2) is 0 Å². The van der Waals surface area contributed by atoms with Gasteiger partial charge in [-0.15, -0.1) is 0 Å². The molecule has 0 aliphatic rings. The van der Waals surface area contributed by atoms with Crippen LogP contribution in [0.2, 0.25) is 5.02 Å². The number of nitrogens with zero attached hydrogens (tertiary/aromatic N) is 2. The molecule has 0 aliphatic heterocycles. The largest absolute Gasteiger partial charge is 0.389 e. The van der Waals surface area contributed by atoms with E-state index >= 15 is 0 Å². The molecule has 0 fully saturated rings. The van der Waals surface area contributed by atoms with Gasteiger partial charge in [0, 0.05) is 24.9 Å². The molecule has 0 heterocycles. The number of halogens is 1. The van der Waals surface area contributed by atoms with Crippen LogP contribution in [0.15, 0.2) is 54.2 Å². The molecule has 0 spiro atoms. The average molecular weight is 385 g/mol. The monoisotopic (exact) mass is 384 g/mol. The van der Waals surface area contributed by atoms with E-state index in [2.05, 4.69) is 10.6 Å². The van der Waals surface area contributed by atoms with Crippen LogP contribution in [-0.2, 0) is 11.2 Å². The zero-order chi connectivity index (χ0) is 19.8. The number of nitrogens with one attached hydrogen (secondary N) is 2. The Morgan fingerprint density at radius 1 is 1.30 bits per heavy atom. The van der Waals surface area contributed by atoms with Crippen LogP contribution in [0.3, 0.4) is 0 Å². The first-order chi connectivity index (χ1) is 12.9. The molecule has 27 heavy (non-hydrogen) atoms. The number of amides is 1. The minimum absolute atomic E-state index is 0.0664. The second kappa shape index (κ2) is 9.36. The molecule has 0 unspecified atom stereocenters. The molecular formula is C19H17ClN4O3. The maximum absolute atomic E-state index is 12.2. The molecule has 2 N–H and O–H groups in total. The number of nitriles is 1. The van der Waals surface area contributed by atoms with E-state index in [0.29, 0.717) is 6.54 Å². The highest BCUT2D eigenvalue weighted by Crippen LogP contribution is 2.26. The highest BCUT2D eigenvalue weighted by Gasteiger charge is 2.14. The fourth-order valence-corrected chi connectivity index (χ4v) is 2.37. The summed E-state index contributed by atoms with van der Waals surface area (Å²) in [5, 5.41) is 25.5. The molecule has 2 aromatic carbocycles. The lowest BCUT2D eigenvalue weighted by atomic mass is 10.1. The summed E-state index contributed by atoms with van der Waals surface area (Å²) in [6, 6.07) is 13.5. The number of non-ortho nitro benzene ring substituents is 1. The zero-order valence-electron chi connectivity index (χ0n) is 14.5. The molecule has 2 rings (SSSR count). The van der Waals surface area contributed by atoms with Gasteiger partial charge in [0.1, 0.15) is 11.6 Å². The van der Waals surface area contributed by atoms with Crippen molar-refractivity contribution in [2.75, 3.05) is 11.9 Å². The number of benzene rings is 2. The Kier molecular flexibility index (Phi) is 6.92. The van der Waals surface area contributed by atoms with Crippen molar-refractivity contribution in [3.8, 4) is 6.07 Å². The minimum Gasteiger partial charge on any atom is -0.389 e. The summed E-state index contributed by atoms with van der Waals surface area (Å²) in [5.74, 6) is -0.706. The number of aryl methyl sites for hydroxylation is 1. The summed E-state index contributed by atoms with van der Waals surface area (Å²) in [7, 11) is 0. The van der Waals surface area contributed by atoms with Crippen molar-refractivity contribution in [2.45, 2.75) is 13.3 Å². The topological polar surface area (TPSA) is 108 Å². The van der Waals surface area contributed by atoms with Gasteiger partial charge < -0.3 is 10.6 Å². The van der Waals surface area contributed by atoms with Crippen LogP contribution in [0.5, 0.6) is 0 Å². The van der Waals surface area contributed by atoms with Gasteiger partial charge in [-0.2, -0.15) is 5.26 Å². The van der Waals surface area contributed by atoms with Gasteiger partial charge in [-0.05, 0) is 25.0 Å². The molecule has 0 bridgehead atoms. The lowest BCUT2D eigenvalue weighted by Crippen LogP contribution is -2.18. The number of rotatable bonds is 7. The highest BCUT2D eigenvalue weighted by molar-refractivity contribution is 6.34. The van der Waals surface area contributed by atoms with Crippen molar-refractivity contribution < 1.29 is 9.72 Å². The molecule has 0 saturated carbocycles. The number of anilines is 1. The summed E-state index contributed by atoms with van der Waals surface area (Å²) in [5.41, 5.74) is 1.99. The fraction of sp³-hybridized carbons (Fsp3) is 0.158. The van der Waals surface area contributed by atoms with Crippen molar-refractivity contribution in [3.63, 3.8) is 0 Å². The molecule has 2 aromatic rings. The van der Waals surface area contributed by atoms with Crippen LogP contribution in [-0.4, -0.2) is 17.4 Å².